The topological polar surface area (TPSA) is 58.1 Å². The quantitative estimate of drug-likeness (QED) is 0.811. The van der Waals surface area contributed by atoms with Crippen LogP contribution >= 0.6 is 11.6 Å². The fraction of sp³-hybridized carbons (Fsp3) is 0.545. The highest BCUT2D eigenvalue weighted by molar-refractivity contribution is 6.27. The molecule has 0 spiro atoms. The molecule has 1 saturated heterocycles. The summed E-state index contributed by atoms with van der Waals surface area (Å²) in [5.41, 5.74) is 0. The molecule has 0 saturated carbocycles. The third-order valence-corrected chi connectivity index (χ3v) is 3.06. The molecule has 1 fully saturated rings. The van der Waals surface area contributed by atoms with Crippen LogP contribution in [-0.4, -0.2) is 40.9 Å². The molecule has 1 amide bonds. The minimum Gasteiger partial charge on any atom is -0.352 e. The van der Waals surface area contributed by atoms with E-state index in [1.165, 1.54) is 0 Å². The van der Waals surface area contributed by atoms with E-state index in [0.29, 0.717) is 0 Å². The highest BCUT2D eigenvalue weighted by atomic mass is 35.5. The maximum atomic E-state index is 11.2. The summed E-state index contributed by atoms with van der Waals surface area (Å²) in [5.74, 6) is 0.692. The molecule has 0 aromatic carbocycles. The Morgan fingerprint density at radius 3 is 2.65 bits per heavy atom. The Labute approximate surface area is 105 Å². The maximum Gasteiger partial charge on any atom is 0.235 e. The molecule has 17 heavy (non-hydrogen) atoms. The molecule has 0 unspecified atom stereocenters. The van der Waals surface area contributed by atoms with Gasteiger partial charge in [-0.05, 0) is 18.9 Å². The lowest BCUT2D eigenvalue weighted by molar-refractivity contribution is -0.119. The van der Waals surface area contributed by atoms with Crippen molar-refractivity contribution in [1.29, 1.82) is 0 Å². The normalized spacial score (nSPS) is 16.9. The first-order valence-corrected chi connectivity index (χ1v) is 6.20. The molecular weight excluding hydrogens is 240 g/mol. The van der Waals surface area contributed by atoms with Crippen LogP contribution in [0.15, 0.2) is 18.5 Å². The lowest BCUT2D eigenvalue weighted by Crippen LogP contribution is -2.45. The van der Waals surface area contributed by atoms with Gasteiger partial charge in [0.05, 0.1) is 0 Å². The SMILES string of the molecule is O=C(CCl)NC1CCN(c2ncccn2)CC1. The Morgan fingerprint density at radius 2 is 2.06 bits per heavy atom. The van der Waals surface area contributed by atoms with E-state index < -0.39 is 0 Å². The Kier molecular flexibility index (Phi) is 4.14. The minimum atomic E-state index is -0.0962. The Morgan fingerprint density at radius 1 is 1.41 bits per heavy atom. The fourth-order valence-electron chi connectivity index (χ4n) is 1.94. The van der Waals surface area contributed by atoms with Crippen molar-refractivity contribution >= 4 is 23.5 Å². The van der Waals surface area contributed by atoms with Gasteiger partial charge in [-0.15, -0.1) is 11.6 Å². The van der Waals surface area contributed by atoms with E-state index in [1.54, 1.807) is 18.5 Å². The third kappa shape index (κ3) is 3.30. The molecule has 5 nitrogen and oxygen atoms in total. The van der Waals surface area contributed by atoms with Gasteiger partial charge < -0.3 is 10.2 Å². The number of anilines is 1. The monoisotopic (exact) mass is 254 g/mol. The summed E-state index contributed by atoms with van der Waals surface area (Å²) in [6, 6.07) is 2.03. The van der Waals surface area contributed by atoms with E-state index in [4.69, 9.17) is 11.6 Å². The zero-order valence-corrected chi connectivity index (χ0v) is 10.2. The summed E-state index contributed by atoms with van der Waals surface area (Å²) in [6.45, 7) is 1.72. The largest absolute Gasteiger partial charge is 0.352 e. The molecule has 0 aliphatic carbocycles. The van der Waals surface area contributed by atoms with Gasteiger partial charge in [0, 0.05) is 31.5 Å². The summed E-state index contributed by atoms with van der Waals surface area (Å²) < 4.78 is 0. The van der Waals surface area contributed by atoms with E-state index in [1.807, 2.05) is 0 Å². The molecule has 2 heterocycles. The second-order valence-corrected chi connectivity index (χ2v) is 4.28. The second kappa shape index (κ2) is 5.82. The molecule has 0 radical (unpaired) electrons. The molecule has 2 rings (SSSR count). The van der Waals surface area contributed by atoms with Crippen LogP contribution in [0, 0.1) is 0 Å². The molecule has 6 heteroatoms. The number of nitrogens with zero attached hydrogens (tertiary/aromatic N) is 3. The van der Waals surface area contributed by atoms with Gasteiger partial charge in [-0.1, -0.05) is 0 Å². The average Bonchev–Trinajstić information content (AvgIpc) is 2.40. The van der Waals surface area contributed by atoms with Crippen LogP contribution in [0.4, 0.5) is 5.95 Å². The van der Waals surface area contributed by atoms with Crippen molar-refractivity contribution < 1.29 is 4.79 Å². The zero-order valence-electron chi connectivity index (χ0n) is 9.47. The van der Waals surface area contributed by atoms with Crippen LogP contribution < -0.4 is 10.2 Å². The number of carbonyl (C=O) groups excluding carboxylic acids is 1. The third-order valence-electron chi connectivity index (χ3n) is 2.82. The summed E-state index contributed by atoms with van der Waals surface area (Å²) in [5, 5.41) is 2.90. The predicted octanol–water partition coefficient (Wildman–Crippen LogP) is 0.800. The molecule has 1 aromatic heterocycles. The van der Waals surface area contributed by atoms with E-state index in [0.717, 1.165) is 31.9 Å². The number of rotatable bonds is 3. The van der Waals surface area contributed by atoms with Gasteiger partial charge >= 0.3 is 0 Å². The number of nitrogens with one attached hydrogen (secondary N) is 1. The van der Waals surface area contributed by atoms with E-state index in [9.17, 15) is 4.79 Å². The van der Waals surface area contributed by atoms with Crippen molar-refractivity contribution in [2.75, 3.05) is 23.9 Å². The van der Waals surface area contributed by atoms with Crippen LogP contribution in [0.25, 0.3) is 0 Å². The van der Waals surface area contributed by atoms with Gasteiger partial charge in [-0.2, -0.15) is 0 Å². The van der Waals surface area contributed by atoms with E-state index in [-0.39, 0.29) is 17.8 Å². The molecule has 1 aliphatic heterocycles. The maximum absolute atomic E-state index is 11.2. The summed E-state index contributed by atoms with van der Waals surface area (Å²) in [7, 11) is 0. The first-order chi connectivity index (χ1) is 8.29. The van der Waals surface area contributed by atoms with Crippen LogP contribution in [0.3, 0.4) is 0 Å². The first kappa shape index (κ1) is 12.1. The molecular formula is C11H15ClN4O. The molecule has 1 aromatic rings. The van der Waals surface area contributed by atoms with Gasteiger partial charge in [-0.25, -0.2) is 9.97 Å². The van der Waals surface area contributed by atoms with Gasteiger partial charge in [0.2, 0.25) is 11.9 Å². The molecule has 0 bridgehead atoms. The minimum absolute atomic E-state index is 0.0298. The van der Waals surface area contributed by atoms with Gasteiger partial charge in [0.1, 0.15) is 5.88 Å². The molecule has 92 valence electrons. The average molecular weight is 255 g/mol. The van der Waals surface area contributed by atoms with Gasteiger partial charge in [0.15, 0.2) is 0 Å². The van der Waals surface area contributed by atoms with Crippen molar-refractivity contribution in [2.24, 2.45) is 0 Å². The lowest BCUT2D eigenvalue weighted by atomic mass is 10.1. The standard InChI is InChI=1S/C11H15ClN4O/c12-8-10(17)15-9-2-6-16(7-3-9)11-13-4-1-5-14-11/h1,4-5,9H,2-3,6-8H2,(H,15,17). The Balaban J connectivity index is 1.84. The van der Waals surface area contributed by atoms with E-state index in [2.05, 4.69) is 20.2 Å². The van der Waals surface area contributed by atoms with Crippen molar-refractivity contribution in [1.82, 2.24) is 15.3 Å². The first-order valence-electron chi connectivity index (χ1n) is 5.67. The smallest absolute Gasteiger partial charge is 0.235 e. The molecule has 1 aliphatic rings. The highest BCUT2D eigenvalue weighted by Crippen LogP contribution is 2.15. The van der Waals surface area contributed by atoms with Crippen molar-refractivity contribution in [3.63, 3.8) is 0 Å². The number of amides is 1. The van der Waals surface area contributed by atoms with Crippen molar-refractivity contribution in [3.05, 3.63) is 18.5 Å². The van der Waals surface area contributed by atoms with Crippen LogP contribution in [-0.2, 0) is 4.79 Å². The van der Waals surface area contributed by atoms with Gasteiger partial charge in [0.25, 0.3) is 0 Å². The van der Waals surface area contributed by atoms with Crippen LogP contribution in [0.5, 0.6) is 0 Å². The molecule has 1 N–H and O–H groups in total. The van der Waals surface area contributed by atoms with Gasteiger partial charge in [-0.3, -0.25) is 4.79 Å². The zero-order chi connectivity index (χ0) is 12.1. The van der Waals surface area contributed by atoms with E-state index >= 15 is 0 Å². The predicted molar refractivity (Wildman–Crippen MR) is 66.1 cm³/mol. The van der Waals surface area contributed by atoms with Crippen molar-refractivity contribution in [3.8, 4) is 0 Å². The summed E-state index contributed by atoms with van der Waals surface area (Å²) in [4.78, 5) is 21.7. The second-order valence-electron chi connectivity index (χ2n) is 4.01. The van der Waals surface area contributed by atoms with Crippen LogP contribution in [0.2, 0.25) is 0 Å². The van der Waals surface area contributed by atoms with Crippen LogP contribution in [0.1, 0.15) is 12.8 Å². The highest BCUT2D eigenvalue weighted by Gasteiger charge is 2.21. The Hall–Kier alpha value is -1.36. The summed E-state index contributed by atoms with van der Waals surface area (Å²) in [6.07, 6.45) is 5.29. The number of halogens is 1. The number of carbonyl (C=O) groups is 1. The Bertz CT molecular complexity index is 365. The summed E-state index contributed by atoms with van der Waals surface area (Å²) >= 11 is 5.45. The number of hydrogen-bond donors (Lipinski definition) is 1. The lowest BCUT2D eigenvalue weighted by Gasteiger charge is -2.32. The fourth-order valence-corrected chi connectivity index (χ4v) is 2.02. The number of aromatic nitrogens is 2. The molecule has 0 atom stereocenters. The number of piperidine rings is 1. The number of hydrogen-bond acceptors (Lipinski definition) is 4. The number of alkyl halides is 1. The van der Waals surface area contributed by atoms with Crippen molar-refractivity contribution in [2.45, 2.75) is 18.9 Å².